The molecule has 1 aromatic heterocycles. The van der Waals surface area contributed by atoms with Gasteiger partial charge in [-0.3, -0.25) is 0 Å². The van der Waals surface area contributed by atoms with Crippen LogP contribution in [0.4, 0.5) is 0 Å². The van der Waals surface area contributed by atoms with Gasteiger partial charge in [0.1, 0.15) is 5.76 Å². The lowest BCUT2D eigenvalue weighted by Gasteiger charge is -2.37. The van der Waals surface area contributed by atoms with Gasteiger partial charge in [0.2, 0.25) is 0 Å². The van der Waals surface area contributed by atoms with E-state index in [4.69, 9.17) is 4.42 Å². The van der Waals surface area contributed by atoms with E-state index in [0.29, 0.717) is 12.1 Å². The van der Waals surface area contributed by atoms with Crippen LogP contribution in [0.2, 0.25) is 0 Å². The van der Waals surface area contributed by atoms with Gasteiger partial charge in [0.25, 0.3) is 0 Å². The molecule has 1 aliphatic heterocycles. The molecule has 2 aliphatic rings. The minimum Gasteiger partial charge on any atom is -0.468 e. The second-order valence-corrected chi connectivity index (χ2v) is 6.16. The second kappa shape index (κ2) is 6.10. The molecule has 0 spiro atoms. The summed E-state index contributed by atoms with van der Waals surface area (Å²) in [5.41, 5.74) is 0. The number of hydrogen-bond acceptors (Lipinski definition) is 3. The highest BCUT2D eigenvalue weighted by atomic mass is 16.3. The minimum atomic E-state index is 0.321. The van der Waals surface area contributed by atoms with Gasteiger partial charge in [-0.25, -0.2) is 0 Å². The molecule has 4 atom stereocenters. The Morgan fingerprint density at radius 1 is 1.26 bits per heavy atom. The number of rotatable bonds is 4. The van der Waals surface area contributed by atoms with Gasteiger partial charge in [0, 0.05) is 12.1 Å². The topological polar surface area (TPSA) is 37.2 Å². The highest BCUT2D eigenvalue weighted by molar-refractivity contribution is 5.04. The van der Waals surface area contributed by atoms with Crippen molar-refractivity contribution in [1.82, 2.24) is 10.6 Å². The molecule has 106 valence electrons. The molecular weight excluding hydrogens is 236 g/mol. The smallest absolute Gasteiger partial charge is 0.120 e. The van der Waals surface area contributed by atoms with Gasteiger partial charge in [-0.15, -0.1) is 0 Å². The third kappa shape index (κ3) is 3.03. The lowest BCUT2D eigenvalue weighted by Crippen LogP contribution is -2.47. The van der Waals surface area contributed by atoms with Crippen molar-refractivity contribution in [3.63, 3.8) is 0 Å². The van der Waals surface area contributed by atoms with Crippen molar-refractivity contribution in [2.24, 2.45) is 5.92 Å². The molecule has 1 aromatic rings. The van der Waals surface area contributed by atoms with Crippen molar-refractivity contribution < 1.29 is 4.42 Å². The molecule has 3 heteroatoms. The fraction of sp³-hybridized carbons (Fsp3) is 0.750. The van der Waals surface area contributed by atoms with E-state index in [1.807, 2.05) is 6.07 Å². The molecule has 3 rings (SSSR count). The molecule has 2 heterocycles. The zero-order chi connectivity index (χ0) is 13.1. The first-order valence-corrected chi connectivity index (χ1v) is 7.87. The normalized spacial score (nSPS) is 33.4. The molecule has 3 nitrogen and oxygen atoms in total. The van der Waals surface area contributed by atoms with Crippen molar-refractivity contribution in [2.45, 2.75) is 63.6 Å². The predicted octanol–water partition coefficient (Wildman–Crippen LogP) is 3.24. The zero-order valence-electron chi connectivity index (χ0n) is 11.9. The Bertz CT molecular complexity index is 370. The number of nitrogens with one attached hydrogen (secondary N) is 2. The summed E-state index contributed by atoms with van der Waals surface area (Å²) in [5.74, 6) is 1.86. The Balaban J connectivity index is 1.63. The molecule has 0 amide bonds. The maximum absolute atomic E-state index is 5.52. The van der Waals surface area contributed by atoms with Crippen molar-refractivity contribution >= 4 is 0 Å². The summed E-state index contributed by atoms with van der Waals surface area (Å²) in [6.45, 7) is 3.42. The SMILES string of the molecule is CC(NC1CCCCC1C1CCCN1)c1ccco1. The summed E-state index contributed by atoms with van der Waals surface area (Å²) in [6.07, 6.45) is 9.93. The average Bonchev–Trinajstić information content (AvgIpc) is 3.13. The third-order valence-electron chi connectivity index (χ3n) is 4.87. The quantitative estimate of drug-likeness (QED) is 0.874. The summed E-state index contributed by atoms with van der Waals surface area (Å²) < 4.78 is 5.52. The highest BCUT2D eigenvalue weighted by Gasteiger charge is 2.33. The third-order valence-corrected chi connectivity index (χ3v) is 4.87. The zero-order valence-corrected chi connectivity index (χ0v) is 11.9. The predicted molar refractivity (Wildman–Crippen MR) is 77.0 cm³/mol. The molecule has 0 radical (unpaired) electrons. The molecule has 1 saturated heterocycles. The van der Waals surface area contributed by atoms with Crippen molar-refractivity contribution in [3.05, 3.63) is 24.2 Å². The molecule has 0 bridgehead atoms. The maximum Gasteiger partial charge on any atom is 0.120 e. The lowest BCUT2D eigenvalue weighted by atomic mass is 9.79. The van der Waals surface area contributed by atoms with Crippen LogP contribution in [0.3, 0.4) is 0 Å². The van der Waals surface area contributed by atoms with E-state index in [1.54, 1.807) is 6.26 Å². The first-order valence-electron chi connectivity index (χ1n) is 7.87. The Morgan fingerprint density at radius 2 is 2.16 bits per heavy atom. The molecule has 2 fully saturated rings. The van der Waals surface area contributed by atoms with Crippen LogP contribution in [0.1, 0.15) is 57.3 Å². The van der Waals surface area contributed by atoms with Gasteiger partial charge >= 0.3 is 0 Å². The molecule has 1 saturated carbocycles. The maximum atomic E-state index is 5.52. The van der Waals surface area contributed by atoms with Crippen LogP contribution in [0.5, 0.6) is 0 Å². The van der Waals surface area contributed by atoms with E-state index in [9.17, 15) is 0 Å². The van der Waals surface area contributed by atoms with Gasteiger partial charge < -0.3 is 15.1 Å². The molecule has 0 aromatic carbocycles. The van der Waals surface area contributed by atoms with E-state index >= 15 is 0 Å². The first-order chi connectivity index (χ1) is 9.34. The first kappa shape index (κ1) is 13.2. The van der Waals surface area contributed by atoms with Crippen molar-refractivity contribution in [1.29, 1.82) is 0 Å². The van der Waals surface area contributed by atoms with Crippen LogP contribution in [0.15, 0.2) is 22.8 Å². The van der Waals surface area contributed by atoms with Crippen LogP contribution >= 0.6 is 0 Å². The van der Waals surface area contributed by atoms with Crippen LogP contribution in [-0.2, 0) is 0 Å². The van der Waals surface area contributed by atoms with Crippen LogP contribution in [-0.4, -0.2) is 18.6 Å². The van der Waals surface area contributed by atoms with E-state index in [2.05, 4.69) is 23.6 Å². The fourth-order valence-corrected chi connectivity index (χ4v) is 3.87. The van der Waals surface area contributed by atoms with E-state index < -0.39 is 0 Å². The van der Waals surface area contributed by atoms with Crippen LogP contribution < -0.4 is 10.6 Å². The minimum absolute atomic E-state index is 0.321. The standard InChI is InChI=1S/C16H26N2O/c1-12(16-9-5-11-19-16)18-15-7-3-2-6-13(15)14-8-4-10-17-14/h5,9,11-15,17-18H,2-4,6-8,10H2,1H3. The monoisotopic (exact) mass is 262 g/mol. The van der Waals surface area contributed by atoms with E-state index in [-0.39, 0.29) is 0 Å². The summed E-state index contributed by atoms with van der Waals surface area (Å²) >= 11 is 0. The molecule has 2 N–H and O–H groups in total. The second-order valence-electron chi connectivity index (χ2n) is 6.16. The number of furan rings is 1. The van der Waals surface area contributed by atoms with Crippen LogP contribution in [0, 0.1) is 5.92 Å². The largest absolute Gasteiger partial charge is 0.468 e. The van der Waals surface area contributed by atoms with Gasteiger partial charge in [-0.1, -0.05) is 12.8 Å². The summed E-state index contributed by atoms with van der Waals surface area (Å²) in [7, 11) is 0. The Morgan fingerprint density at radius 3 is 2.89 bits per heavy atom. The van der Waals surface area contributed by atoms with Crippen LogP contribution in [0.25, 0.3) is 0 Å². The van der Waals surface area contributed by atoms with E-state index in [1.165, 1.54) is 45.1 Å². The van der Waals surface area contributed by atoms with E-state index in [0.717, 1.165) is 17.7 Å². The molecule has 1 aliphatic carbocycles. The summed E-state index contributed by atoms with van der Waals surface area (Å²) in [5, 5.41) is 7.52. The lowest BCUT2D eigenvalue weighted by molar-refractivity contribution is 0.198. The van der Waals surface area contributed by atoms with Gasteiger partial charge in [-0.05, 0) is 57.2 Å². The summed E-state index contributed by atoms with van der Waals surface area (Å²) in [6, 6.07) is 5.75. The number of hydrogen-bond donors (Lipinski definition) is 2. The summed E-state index contributed by atoms with van der Waals surface area (Å²) in [4.78, 5) is 0. The molecule has 19 heavy (non-hydrogen) atoms. The van der Waals surface area contributed by atoms with Gasteiger partial charge in [-0.2, -0.15) is 0 Å². The van der Waals surface area contributed by atoms with Gasteiger partial charge in [0.15, 0.2) is 0 Å². The molecule has 4 unspecified atom stereocenters. The van der Waals surface area contributed by atoms with Crippen molar-refractivity contribution in [2.75, 3.05) is 6.54 Å². The Hall–Kier alpha value is -0.800. The Labute approximate surface area is 116 Å². The highest BCUT2D eigenvalue weighted by Crippen LogP contribution is 2.32. The van der Waals surface area contributed by atoms with Gasteiger partial charge in [0.05, 0.1) is 12.3 Å². The molecular formula is C16H26N2O. The average molecular weight is 262 g/mol. The Kier molecular flexibility index (Phi) is 4.24. The fourth-order valence-electron chi connectivity index (χ4n) is 3.87. The van der Waals surface area contributed by atoms with Crippen molar-refractivity contribution in [3.8, 4) is 0 Å².